The number of hydrogen-bond donors (Lipinski definition) is 1. The number of ether oxygens (including phenoxy) is 1. The molecular weight excluding hydrogens is 274 g/mol. The zero-order valence-corrected chi connectivity index (χ0v) is 12.6. The number of furan rings is 1. The summed E-state index contributed by atoms with van der Waals surface area (Å²) in [5.41, 5.74) is 1.23. The van der Waals surface area contributed by atoms with Gasteiger partial charge in [-0.25, -0.2) is 0 Å². The van der Waals surface area contributed by atoms with E-state index in [2.05, 4.69) is 12.2 Å². The van der Waals surface area contributed by atoms with Gasteiger partial charge in [0.2, 0.25) is 0 Å². The van der Waals surface area contributed by atoms with E-state index in [0.717, 1.165) is 29.5 Å². The second kappa shape index (κ2) is 7.48. The molecule has 1 atom stereocenters. The third-order valence-electron chi connectivity index (χ3n) is 3.12. The first-order valence-corrected chi connectivity index (χ1v) is 7.16. The third-order valence-corrected chi connectivity index (χ3v) is 3.37. The highest BCUT2D eigenvalue weighted by molar-refractivity contribution is 6.30. The Morgan fingerprint density at radius 1 is 1.20 bits per heavy atom. The van der Waals surface area contributed by atoms with Crippen LogP contribution in [0.2, 0.25) is 5.02 Å². The molecular formula is C16H20ClNO2. The number of benzene rings is 1. The molecule has 2 rings (SSSR count). The average molecular weight is 294 g/mol. The summed E-state index contributed by atoms with van der Waals surface area (Å²) in [6.07, 6.45) is 0.866. The molecule has 1 unspecified atom stereocenters. The summed E-state index contributed by atoms with van der Waals surface area (Å²) in [4.78, 5) is 0. The van der Waals surface area contributed by atoms with Crippen molar-refractivity contribution in [3.8, 4) is 0 Å². The van der Waals surface area contributed by atoms with Crippen molar-refractivity contribution in [1.82, 2.24) is 5.32 Å². The molecule has 20 heavy (non-hydrogen) atoms. The highest BCUT2D eigenvalue weighted by atomic mass is 35.5. The molecule has 0 saturated carbocycles. The molecule has 0 fully saturated rings. The van der Waals surface area contributed by atoms with E-state index < -0.39 is 0 Å². The maximum absolute atomic E-state index is 5.92. The first kappa shape index (κ1) is 15.1. The lowest BCUT2D eigenvalue weighted by molar-refractivity contribution is 0.161. The van der Waals surface area contributed by atoms with Crippen LogP contribution in [-0.2, 0) is 17.8 Å². The van der Waals surface area contributed by atoms with Crippen LogP contribution < -0.4 is 5.32 Å². The van der Waals surface area contributed by atoms with Crippen LogP contribution >= 0.6 is 11.6 Å². The zero-order chi connectivity index (χ0) is 14.4. The van der Waals surface area contributed by atoms with Crippen LogP contribution in [0.3, 0.4) is 0 Å². The van der Waals surface area contributed by atoms with Crippen LogP contribution in [0.4, 0.5) is 0 Å². The molecule has 1 aromatic carbocycles. The minimum Gasteiger partial charge on any atom is -0.462 e. The molecule has 0 amide bonds. The molecule has 0 bridgehead atoms. The molecule has 3 nitrogen and oxygen atoms in total. The number of halogens is 1. The summed E-state index contributed by atoms with van der Waals surface area (Å²) in [6.45, 7) is 3.48. The molecule has 0 saturated heterocycles. The molecule has 0 aliphatic carbocycles. The quantitative estimate of drug-likeness (QED) is 0.839. The van der Waals surface area contributed by atoms with Crippen molar-refractivity contribution in [3.63, 3.8) is 0 Å². The Hall–Kier alpha value is -1.29. The molecule has 0 radical (unpaired) electrons. The van der Waals surface area contributed by atoms with E-state index in [1.54, 1.807) is 7.11 Å². The predicted octanol–water partition coefficient (Wildman–Crippen LogP) is 3.97. The van der Waals surface area contributed by atoms with Gasteiger partial charge in [0.25, 0.3) is 0 Å². The molecule has 1 aromatic heterocycles. The van der Waals surface area contributed by atoms with Gasteiger partial charge in [0.1, 0.15) is 18.1 Å². The van der Waals surface area contributed by atoms with Gasteiger partial charge in [-0.3, -0.25) is 0 Å². The number of nitrogens with one attached hydrogen (secondary N) is 1. The van der Waals surface area contributed by atoms with Crippen molar-refractivity contribution in [1.29, 1.82) is 0 Å². The van der Waals surface area contributed by atoms with Gasteiger partial charge in [-0.2, -0.15) is 0 Å². The van der Waals surface area contributed by atoms with Crippen LogP contribution in [0.5, 0.6) is 0 Å². The van der Waals surface area contributed by atoms with E-state index in [1.807, 2.05) is 36.4 Å². The summed E-state index contributed by atoms with van der Waals surface area (Å²) in [5, 5.41) is 4.21. The second-order valence-electron chi connectivity index (χ2n) is 4.68. The molecule has 4 heteroatoms. The van der Waals surface area contributed by atoms with Gasteiger partial charge in [-0.05, 0) is 42.8 Å². The Morgan fingerprint density at radius 3 is 2.60 bits per heavy atom. The van der Waals surface area contributed by atoms with E-state index in [-0.39, 0.29) is 6.04 Å². The predicted molar refractivity (Wildman–Crippen MR) is 81.0 cm³/mol. The van der Waals surface area contributed by atoms with Gasteiger partial charge in [-0.15, -0.1) is 0 Å². The largest absolute Gasteiger partial charge is 0.462 e. The highest BCUT2D eigenvalue weighted by Gasteiger charge is 2.15. The average Bonchev–Trinajstić information content (AvgIpc) is 2.90. The molecule has 108 valence electrons. The molecule has 2 aromatic rings. The maximum Gasteiger partial charge on any atom is 0.129 e. The second-order valence-corrected chi connectivity index (χ2v) is 5.11. The topological polar surface area (TPSA) is 34.4 Å². The van der Waals surface area contributed by atoms with E-state index in [0.29, 0.717) is 6.61 Å². The first-order valence-electron chi connectivity index (χ1n) is 6.78. The van der Waals surface area contributed by atoms with Crippen LogP contribution in [0.25, 0.3) is 0 Å². The monoisotopic (exact) mass is 293 g/mol. The lowest BCUT2D eigenvalue weighted by Crippen LogP contribution is -2.22. The summed E-state index contributed by atoms with van der Waals surface area (Å²) in [6, 6.07) is 12.1. The summed E-state index contributed by atoms with van der Waals surface area (Å²) >= 11 is 5.92. The summed E-state index contributed by atoms with van der Waals surface area (Å²) < 4.78 is 10.9. The fourth-order valence-electron chi connectivity index (χ4n) is 2.18. The molecule has 1 N–H and O–H groups in total. The maximum atomic E-state index is 5.92. The Bertz CT molecular complexity index is 522. The Balaban J connectivity index is 2.10. The van der Waals surface area contributed by atoms with E-state index in [9.17, 15) is 0 Å². The highest BCUT2D eigenvalue weighted by Crippen LogP contribution is 2.22. The van der Waals surface area contributed by atoms with E-state index in [1.165, 1.54) is 5.56 Å². The Morgan fingerprint density at radius 2 is 1.95 bits per heavy atom. The van der Waals surface area contributed by atoms with Crippen molar-refractivity contribution in [2.75, 3.05) is 13.7 Å². The van der Waals surface area contributed by atoms with Gasteiger partial charge in [-0.1, -0.05) is 30.7 Å². The van der Waals surface area contributed by atoms with Crippen LogP contribution in [-0.4, -0.2) is 13.7 Å². The van der Waals surface area contributed by atoms with Gasteiger partial charge in [0.05, 0.1) is 6.04 Å². The Labute approximate surface area is 124 Å². The fourth-order valence-corrected chi connectivity index (χ4v) is 2.30. The van der Waals surface area contributed by atoms with Crippen molar-refractivity contribution in [2.45, 2.75) is 26.0 Å². The molecule has 0 aliphatic rings. The summed E-state index contributed by atoms with van der Waals surface area (Å²) in [7, 11) is 1.66. The van der Waals surface area contributed by atoms with Crippen LogP contribution in [0, 0.1) is 0 Å². The molecule has 0 spiro atoms. The smallest absolute Gasteiger partial charge is 0.129 e. The van der Waals surface area contributed by atoms with Crippen molar-refractivity contribution >= 4 is 11.6 Å². The lowest BCUT2D eigenvalue weighted by atomic mass is 10.0. The number of methoxy groups -OCH3 is 1. The standard InChI is InChI=1S/C16H20ClNO2/c1-3-18-15(10-12-4-6-13(17)7-5-12)16-9-8-14(20-16)11-19-2/h4-9,15,18H,3,10-11H2,1-2H3. The Kier molecular flexibility index (Phi) is 5.65. The minimum atomic E-state index is 0.159. The van der Waals surface area contributed by atoms with Gasteiger partial charge in [0, 0.05) is 12.1 Å². The number of likely N-dealkylation sites (N-methyl/N-ethyl adjacent to an activating group) is 1. The van der Waals surface area contributed by atoms with Crippen molar-refractivity contribution < 1.29 is 9.15 Å². The van der Waals surface area contributed by atoms with Crippen LogP contribution in [0.1, 0.15) is 30.0 Å². The van der Waals surface area contributed by atoms with Gasteiger partial charge in [0.15, 0.2) is 0 Å². The normalized spacial score (nSPS) is 12.6. The third kappa shape index (κ3) is 4.10. The SMILES string of the molecule is CCNC(Cc1ccc(Cl)cc1)c1ccc(COC)o1. The lowest BCUT2D eigenvalue weighted by Gasteiger charge is -2.15. The van der Waals surface area contributed by atoms with Crippen LogP contribution in [0.15, 0.2) is 40.8 Å². The number of hydrogen-bond acceptors (Lipinski definition) is 3. The number of rotatable bonds is 7. The minimum absolute atomic E-state index is 0.159. The summed E-state index contributed by atoms with van der Waals surface area (Å²) in [5.74, 6) is 1.79. The van der Waals surface area contributed by atoms with Crippen molar-refractivity contribution in [2.24, 2.45) is 0 Å². The first-order chi connectivity index (χ1) is 9.72. The zero-order valence-electron chi connectivity index (χ0n) is 11.9. The van der Waals surface area contributed by atoms with Crippen molar-refractivity contribution in [3.05, 3.63) is 58.5 Å². The molecule has 1 heterocycles. The fraction of sp³-hybridized carbons (Fsp3) is 0.375. The molecule has 0 aliphatic heterocycles. The van der Waals surface area contributed by atoms with E-state index >= 15 is 0 Å². The van der Waals surface area contributed by atoms with E-state index in [4.69, 9.17) is 20.8 Å². The van der Waals surface area contributed by atoms with Gasteiger partial charge >= 0.3 is 0 Å². The van der Waals surface area contributed by atoms with Gasteiger partial charge < -0.3 is 14.5 Å².